The maximum atomic E-state index is 10.5. The van der Waals surface area contributed by atoms with E-state index in [-0.39, 0.29) is 18.4 Å². The first-order chi connectivity index (χ1) is 8.99. The molecule has 3 atom stereocenters. The van der Waals surface area contributed by atoms with Crippen LogP contribution in [0.5, 0.6) is 0 Å². The van der Waals surface area contributed by atoms with Crippen molar-refractivity contribution in [3.8, 4) is 0 Å². The number of likely N-dealkylation sites (N-methyl/N-ethyl adjacent to an activating group) is 1. The van der Waals surface area contributed by atoms with Crippen molar-refractivity contribution >= 4 is 20.6 Å². The number of rotatable bonds is 12. The van der Waals surface area contributed by atoms with Crippen LogP contribution < -0.4 is 5.32 Å². The van der Waals surface area contributed by atoms with Crippen molar-refractivity contribution in [3.63, 3.8) is 0 Å². The lowest BCUT2D eigenvalue weighted by atomic mass is 10.1. The van der Waals surface area contributed by atoms with Crippen LogP contribution in [0.3, 0.4) is 0 Å². The number of carbonyl (C=O) groups is 2. The van der Waals surface area contributed by atoms with Crippen LogP contribution in [0.4, 0.5) is 0 Å². The summed E-state index contributed by atoms with van der Waals surface area (Å²) in [6.07, 6.45) is 3.39. The molecule has 0 aromatic rings. The predicted molar refractivity (Wildman–Crippen MR) is 74.1 cm³/mol. The summed E-state index contributed by atoms with van der Waals surface area (Å²) in [6.45, 7) is 2.32. The molecule has 3 N–H and O–H groups in total. The van der Waals surface area contributed by atoms with E-state index in [1.165, 1.54) is 0 Å². The minimum atomic E-state index is -1.49. The van der Waals surface area contributed by atoms with Crippen molar-refractivity contribution in [2.45, 2.75) is 38.6 Å². The van der Waals surface area contributed by atoms with Crippen LogP contribution >= 0.6 is 8.38 Å². The van der Waals surface area contributed by atoms with Crippen LogP contribution in [-0.2, 0) is 14.1 Å². The van der Waals surface area contributed by atoms with Crippen molar-refractivity contribution in [1.82, 2.24) is 5.32 Å². The molecule has 0 aliphatic heterocycles. The Morgan fingerprint density at radius 2 is 2.16 bits per heavy atom. The lowest BCUT2D eigenvalue weighted by Crippen LogP contribution is -2.26. The van der Waals surface area contributed by atoms with Crippen molar-refractivity contribution in [1.29, 1.82) is 0 Å². The zero-order valence-electron chi connectivity index (χ0n) is 11.5. The molecule has 0 heterocycles. The summed E-state index contributed by atoms with van der Waals surface area (Å²) < 4.78 is 5.29. The molecule has 0 radical (unpaired) electrons. The van der Waals surface area contributed by atoms with Gasteiger partial charge in [0.1, 0.15) is 6.29 Å². The molecule has 0 amide bonds. The molecule has 0 aromatic heterocycles. The highest BCUT2D eigenvalue weighted by Gasteiger charge is 2.13. The van der Waals surface area contributed by atoms with E-state index in [9.17, 15) is 14.5 Å². The van der Waals surface area contributed by atoms with Crippen molar-refractivity contribution in [2.75, 3.05) is 19.8 Å². The van der Waals surface area contributed by atoms with Gasteiger partial charge in [0.2, 0.25) is 0 Å². The van der Waals surface area contributed by atoms with E-state index < -0.39 is 14.3 Å². The molecular formula is C12H24NO5P. The third kappa shape index (κ3) is 11.0. The van der Waals surface area contributed by atoms with Crippen LogP contribution in [-0.4, -0.2) is 48.1 Å². The number of aliphatic carboxylic acids is 1. The number of carboxylic acids is 1. The highest BCUT2D eigenvalue weighted by Crippen LogP contribution is 2.35. The fourth-order valence-corrected chi connectivity index (χ4v) is 2.70. The number of carboxylic acid groups (broad SMARTS) is 1. The quantitative estimate of drug-likeness (QED) is 0.286. The monoisotopic (exact) mass is 293 g/mol. The molecule has 0 saturated heterocycles. The van der Waals surface area contributed by atoms with E-state index >= 15 is 0 Å². The molecule has 6 nitrogen and oxygen atoms in total. The Bertz CT molecular complexity index is 265. The van der Waals surface area contributed by atoms with E-state index in [2.05, 4.69) is 5.32 Å². The first kappa shape index (κ1) is 18.4. The van der Waals surface area contributed by atoms with E-state index in [4.69, 9.17) is 9.63 Å². The predicted octanol–water partition coefficient (Wildman–Crippen LogP) is 1.38. The summed E-state index contributed by atoms with van der Waals surface area (Å²) in [5.74, 6) is -0.686. The van der Waals surface area contributed by atoms with Gasteiger partial charge in [0.25, 0.3) is 0 Å². The summed E-state index contributed by atoms with van der Waals surface area (Å²) in [7, 11) is 0.233. The molecule has 0 aliphatic rings. The number of aldehydes is 1. The van der Waals surface area contributed by atoms with Gasteiger partial charge in [-0.3, -0.25) is 4.79 Å². The highest BCUT2D eigenvalue weighted by molar-refractivity contribution is 7.46. The van der Waals surface area contributed by atoms with Gasteiger partial charge in [-0.2, -0.15) is 0 Å². The standard InChI is InChI=1S/C12H24NO5P/c1-10(5-6-12(15)16)9-19(17)18-7-3-4-11(8-14)13-2/h8,10-11,13,17H,3-7,9H2,1-2H3,(H,15,16). The van der Waals surface area contributed by atoms with Gasteiger partial charge in [-0.1, -0.05) is 6.92 Å². The summed E-state index contributed by atoms with van der Waals surface area (Å²) in [4.78, 5) is 30.6. The molecule has 0 spiro atoms. The highest BCUT2D eigenvalue weighted by atomic mass is 31.2. The largest absolute Gasteiger partial charge is 0.481 e. The van der Waals surface area contributed by atoms with Gasteiger partial charge < -0.3 is 24.6 Å². The summed E-state index contributed by atoms with van der Waals surface area (Å²) in [6, 6.07) is -0.164. The van der Waals surface area contributed by atoms with Crippen LogP contribution in [0, 0.1) is 5.92 Å². The molecule has 0 aliphatic carbocycles. The molecule has 0 bridgehead atoms. The molecule has 0 rings (SSSR count). The Kier molecular flexibility index (Phi) is 11.0. The Morgan fingerprint density at radius 3 is 2.68 bits per heavy atom. The fourth-order valence-electron chi connectivity index (χ4n) is 1.53. The maximum Gasteiger partial charge on any atom is 0.303 e. The van der Waals surface area contributed by atoms with E-state index in [1.54, 1.807) is 7.05 Å². The van der Waals surface area contributed by atoms with Gasteiger partial charge in [-0.05, 0) is 32.2 Å². The number of carbonyl (C=O) groups excluding carboxylic acids is 1. The summed E-state index contributed by atoms with van der Waals surface area (Å²) in [5.41, 5.74) is 0. The topological polar surface area (TPSA) is 95.9 Å². The minimum Gasteiger partial charge on any atom is -0.481 e. The van der Waals surface area contributed by atoms with E-state index in [1.807, 2.05) is 6.92 Å². The molecule has 0 aromatic carbocycles. The lowest BCUT2D eigenvalue weighted by molar-refractivity contribution is -0.137. The lowest BCUT2D eigenvalue weighted by Gasteiger charge is -2.16. The Labute approximate surface area is 115 Å². The first-order valence-electron chi connectivity index (χ1n) is 6.43. The SMILES string of the molecule is CNC(C=O)CCCOP(O)CC(C)CCC(=O)O. The maximum absolute atomic E-state index is 10.5. The molecule has 3 unspecified atom stereocenters. The Hall–Kier alpha value is -0.550. The average Bonchev–Trinajstić information content (AvgIpc) is 2.36. The second-order valence-electron chi connectivity index (χ2n) is 4.58. The van der Waals surface area contributed by atoms with Crippen molar-refractivity contribution < 1.29 is 24.1 Å². The second-order valence-corrected chi connectivity index (χ2v) is 5.91. The molecule has 0 fully saturated rings. The molecule has 19 heavy (non-hydrogen) atoms. The average molecular weight is 293 g/mol. The first-order valence-corrected chi connectivity index (χ1v) is 7.83. The molecule has 7 heteroatoms. The number of hydrogen-bond acceptors (Lipinski definition) is 5. The normalized spacial score (nSPS) is 15.7. The molecular weight excluding hydrogens is 269 g/mol. The third-order valence-electron chi connectivity index (χ3n) is 2.75. The van der Waals surface area contributed by atoms with Crippen molar-refractivity contribution in [3.05, 3.63) is 0 Å². The summed E-state index contributed by atoms with van der Waals surface area (Å²) >= 11 is 0. The summed E-state index contributed by atoms with van der Waals surface area (Å²) in [5, 5.41) is 11.4. The molecule has 112 valence electrons. The van der Waals surface area contributed by atoms with Crippen LogP contribution in [0.1, 0.15) is 32.6 Å². The van der Waals surface area contributed by atoms with Crippen LogP contribution in [0.2, 0.25) is 0 Å². The minimum absolute atomic E-state index is 0.119. The van der Waals surface area contributed by atoms with Gasteiger partial charge in [0, 0.05) is 12.6 Å². The fraction of sp³-hybridized carbons (Fsp3) is 0.833. The van der Waals surface area contributed by atoms with Crippen LogP contribution in [0.15, 0.2) is 0 Å². The number of hydrogen-bond donors (Lipinski definition) is 3. The van der Waals surface area contributed by atoms with Gasteiger partial charge in [-0.15, -0.1) is 0 Å². The second kappa shape index (κ2) is 11.3. The Morgan fingerprint density at radius 1 is 1.47 bits per heavy atom. The molecule has 0 saturated carbocycles. The zero-order valence-corrected chi connectivity index (χ0v) is 12.4. The van der Waals surface area contributed by atoms with E-state index in [0.717, 1.165) is 6.29 Å². The number of nitrogens with one attached hydrogen (secondary N) is 1. The Balaban J connectivity index is 3.60. The smallest absolute Gasteiger partial charge is 0.303 e. The zero-order chi connectivity index (χ0) is 14.7. The van der Waals surface area contributed by atoms with Gasteiger partial charge in [0.05, 0.1) is 12.6 Å². The van der Waals surface area contributed by atoms with E-state index in [0.29, 0.717) is 32.0 Å². The van der Waals surface area contributed by atoms with Crippen LogP contribution in [0.25, 0.3) is 0 Å². The van der Waals surface area contributed by atoms with Gasteiger partial charge in [0.15, 0.2) is 8.38 Å². The van der Waals surface area contributed by atoms with Gasteiger partial charge in [-0.25, -0.2) is 0 Å². The van der Waals surface area contributed by atoms with Gasteiger partial charge >= 0.3 is 5.97 Å². The third-order valence-corrected chi connectivity index (χ3v) is 4.17. The van der Waals surface area contributed by atoms with Crippen molar-refractivity contribution in [2.24, 2.45) is 5.92 Å².